The van der Waals surface area contributed by atoms with E-state index in [0.29, 0.717) is 19.0 Å². The molecule has 29 heavy (non-hydrogen) atoms. The van der Waals surface area contributed by atoms with Gasteiger partial charge in [-0.05, 0) is 49.6 Å². The first kappa shape index (κ1) is 20.6. The van der Waals surface area contributed by atoms with Crippen LogP contribution in [0.15, 0.2) is 55.0 Å². The predicted molar refractivity (Wildman–Crippen MR) is 120 cm³/mol. The summed E-state index contributed by atoms with van der Waals surface area (Å²) in [4.78, 5) is 24.8. The van der Waals surface area contributed by atoms with Gasteiger partial charge in [-0.15, -0.1) is 0 Å². The number of hydrogen-bond acceptors (Lipinski definition) is 3. The van der Waals surface area contributed by atoms with Gasteiger partial charge in [-0.25, -0.2) is 4.98 Å². The number of anilines is 2. The summed E-state index contributed by atoms with van der Waals surface area (Å²) < 4.78 is 0. The van der Waals surface area contributed by atoms with Crippen LogP contribution < -0.4 is 9.80 Å². The third-order valence-electron chi connectivity index (χ3n) is 4.94. The van der Waals surface area contributed by atoms with Crippen LogP contribution >= 0.6 is 0 Å². The lowest BCUT2D eigenvalue weighted by Gasteiger charge is -2.27. The maximum Gasteiger partial charge on any atom is 0.258 e. The number of nitrogens with one attached hydrogen (secondary N) is 1. The molecule has 0 aliphatic heterocycles. The Kier molecular flexibility index (Phi) is 6.37. The molecule has 1 N–H and O–H groups in total. The van der Waals surface area contributed by atoms with Gasteiger partial charge in [-0.3, -0.25) is 4.79 Å². The quantitative estimate of drug-likeness (QED) is 0.620. The van der Waals surface area contributed by atoms with Crippen LogP contribution in [0.5, 0.6) is 0 Å². The first-order chi connectivity index (χ1) is 13.8. The molecule has 1 amide bonds. The Morgan fingerprint density at radius 2 is 1.86 bits per heavy atom. The van der Waals surface area contributed by atoms with Crippen molar-refractivity contribution in [3.8, 4) is 0 Å². The Morgan fingerprint density at radius 1 is 1.10 bits per heavy atom. The van der Waals surface area contributed by atoms with Crippen molar-refractivity contribution in [3.05, 3.63) is 77.4 Å². The van der Waals surface area contributed by atoms with Gasteiger partial charge < -0.3 is 14.8 Å². The van der Waals surface area contributed by atoms with Crippen molar-refractivity contribution in [2.24, 2.45) is 5.92 Å². The highest BCUT2D eigenvalue weighted by atomic mass is 16.2. The van der Waals surface area contributed by atoms with Crippen LogP contribution in [0.2, 0.25) is 0 Å². The molecule has 1 aromatic heterocycles. The van der Waals surface area contributed by atoms with E-state index in [1.807, 2.05) is 56.3 Å². The van der Waals surface area contributed by atoms with Crippen molar-refractivity contribution >= 4 is 17.3 Å². The van der Waals surface area contributed by atoms with E-state index in [9.17, 15) is 4.79 Å². The molecule has 0 atom stereocenters. The van der Waals surface area contributed by atoms with Crippen LogP contribution in [0, 0.1) is 19.8 Å². The highest BCUT2D eigenvalue weighted by molar-refractivity contribution is 6.07. The Morgan fingerprint density at radius 3 is 2.52 bits per heavy atom. The second kappa shape index (κ2) is 8.95. The third kappa shape index (κ3) is 5.05. The molecule has 0 saturated heterocycles. The zero-order chi connectivity index (χ0) is 21.0. The van der Waals surface area contributed by atoms with Crippen molar-refractivity contribution in [3.63, 3.8) is 0 Å². The number of benzene rings is 2. The molecule has 0 spiro atoms. The van der Waals surface area contributed by atoms with Gasteiger partial charge in [-0.2, -0.15) is 0 Å². The number of nitrogens with zero attached hydrogens (tertiary/aromatic N) is 3. The number of imidazole rings is 1. The normalized spacial score (nSPS) is 11.0. The molecule has 0 saturated carbocycles. The molecule has 0 bridgehead atoms. The highest BCUT2D eigenvalue weighted by Crippen LogP contribution is 2.26. The summed E-state index contributed by atoms with van der Waals surface area (Å²) in [5, 5.41) is 0. The van der Waals surface area contributed by atoms with E-state index in [4.69, 9.17) is 0 Å². The molecule has 3 rings (SSSR count). The maximum absolute atomic E-state index is 13.4. The molecule has 5 nitrogen and oxygen atoms in total. The molecule has 0 aliphatic rings. The molecule has 3 aromatic rings. The molecule has 0 fully saturated rings. The number of hydrogen-bond donors (Lipinski definition) is 1. The molecule has 2 aromatic carbocycles. The second-order valence-electron chi connectivity index (χ2n) is 8.06. The second-order valence-corrected chi connectivity index (χ2v) is 8.06. The average molecular weight is 391 g/mol. The van der Waals surface area contributed by atoms with Crippen LogP contribution in [0.25, 0.3) is 0 Å². The third-order valence-corrected chi connectivity index (χ3v) is 4.94. The van der Waals surface area contributed by atoms with E-state index in [1.54, 1.807) is 6.33 Å². The Balaban J connectivity index is 1.91. The summed E-state index contributed by atoms with van der Waals surface area (Å²) in [6.07, 6.45) is 3.58. The molecular formula is C24H30N4O. The monoisotopic (exact) mass is 390 g/mol. The first-order valence-electron chi connectivity index (χ1n) is 10.0. The lowest BCUT2D eigenvalue weighted by molar-refractivity contribution is 0.0983. The molecule has 1 heterocycles. The van der Waals surface area contributed by atoms with E-state index < -0.39 is 0 Å². The van der Waals surface area contributed by atoms with Gasteiger partial charge in [0.05, 0.1) is 18.6 Å². The molecule has 5 heteroatoms. The average Bonchev–Trinajstić information content (AvgIpc) is 3.18. The van der Waals surface area contributed by atoms with Crippen molar-refractivity contribution in [2.75, 3.05) is 23.4 Å². The fraction of sp³-hybridized carbons (Fsp3) is 0.333. The zero-order valence-electron chi connectivity index (χ0n) is 17.9. The number of H-pyrrole nitrogens is 1. The topological polar surface area (TPSA) is 52.2 Å². The molecule has 0 radical (unpaired) electrons. The standard InChI is InChI=1S/C24H30N4O/c1-17(2)14-28(24(29)23-10-9-18(3)11-19(23)4)22-8-6-7-21(12-22)27(5)15-20-13-25-16-26-20/h6-13,16-17H,14-15H2,1-5H3,(H,25,26). The SMILES string of the molecule is Cc1ccc(C(=O)N(CC(C)C)c2cccc(N(C)Cc3c[nH]cn3)c2)c(C)c1. The fourth-order valence-electron chi connectivity index (χ4n) is 3.48. The van der Waals surface area contributed by atoms with E-state index in [1.165, 1.54) is 0 Å². The Labute approximate surface area is 173 Å². The smallest absolute Gasteiger partial charge is 0.258 e. The summed E-state index contributed by atoms with van der Waals surface area (Å²) in [5.41, 5.74) is 5.87. The van der Waals surface area contributed by atoms with Gasteiger partial charge in [0.1, 0.15) is 0 Å². The van der Waals surface area contributed by atoms with Gasteiger partial charge in [0, 0.05) is 36.7 Å². The van der Waals surface area contributed by atoms with Gasteiger partial charge in [0.2, 0.25) is 0 Å². The van der Waals surface area contributed by atoms with Crippen molar-refractivity contribution in [2.45, 2.75) is 34.2 Å². The maximum atomic E-state index is 13.4. The summed E-state index contributed by atoms with van der Waals surface area (Å²) in [6, 6.07) is 14.2. The van der Waals surface area contributed by atoms with Crippen LogP contribution in [-0.2, 0) is 6.54 Å². The minimum absolute atomic E-state index is 0.0447. The number of carbonyl (C=O) groups is 1. The van der Waals surface area contributed by atoms with E-state index in [-0.39, 0.29) is 5.91 Å². The number of aromatic nitrogens is 2. The molecule has 0 unspecified atom stereocenters. The van der Waals surface area contributed by atoms with Gasteiger partial charge in [-0.1, -0.05) is 37.6 Å². The van der Waals surface area contributed by atoms with E-state index in [0.717, 1.165) is 33.8 Å². The summed E-state index contributed by atoms with van der Waals surface area (Å²) >= 11 is 0. The number of aryl methyl sites for hydroxylation is 2. The lowest BCUT2D eigenvalue weighted by Crippen LogP contribution is -2.34. The Hall–Kier alpha value is -3.08. The van der Waals surface area contributed by atoms with Crippen LogP contribution in [0.4, 0.5) is 11.4 Å². The van der Waals surface area contributed by atoms with Crippen LogP contribution in [0.3, 0.4) is 0 Å². The Bertz CT molecular complexity index is 963. The summed E-state index contributed by atoms with van der Waals surface area (Å²) in [6.45, 7) is 9.68. The molecule has 0 aliphatic carbocycles. The van der Waals surface area contributed by atoms with Crippen LogP contribution in [-0.4, -0.2) is 29.5 Å². The predicted octanol–water partition coefficient (Wildman–Crippen LogP) is 4.97. The zero-order valence-corrected chi connectivity index (χ0v) is 17.9. The van der Waals surface area contributed by atoms with E-state index >= 15 is 0 Å². The molecule has 152 valence electrons. The van der Waals surface area contributed by atoms with Gasteiger partial charge >= 0.3 is 0 Å². The van der Waals surface area contributed by atoms with Crippen molar-refractivity contribution in [1.29, 1.82) is 0 Å². The fourth-order valence-corrected chi connectivity index (χ4v) is 3.48. The number of rotatable bonds is 7. The minimum atomic E-state index is 0.0447. The number of carbonyl (C=O) groups excluding carboxylic acids is 1. The van der Waals surface area contributed by atoms with Crippen LogP contribution in [0.1, 0.15) is 41.0 Å². The number of aromatic amines is 1. The highest BCUT2D eigenvalue weighted by Gasteiger charge is 2.21. The summed E-state index contributed by atoms with van der Waals surface area (Å²) in [7, 11) is 2.03. The van der Waals surface area contributed by atoms with Gasteiger partial charge in [0.15, 0.2) is 0 Å². The largest absolute Gasteiger partial charge is 0.369 e. The van der Waals surface area contributed by atoms with Gasteiger partial charge in [0.25, 0.3) is 5.91 Å². The first-order valence-corrected chi connectivity index (χ1v) is 10.0. The van der Waals surface area contributed by atoms with Crippen molar-refractivity contribution < 1.29 is 4.79 Å². The number of amides is 1. The summed E-state index contributed by atoms with van der Waals surface area (Å²) in [5.74, 6) is 0.401. The molecular weight excluding hydrogens is 360 g/mol. The van der Waals surface area contributed by atoms with E-state index in [2.05, 4.69) is 46.9 Å². The van der Waals surface area contributed by atoms with Crippen molar-refractivity contribution in [1.82, 2.24) is 9.97 Å². The minimum Gasteiger partial charge on any atom is -0.369 e. The lowest BCUT2D eigenvalue weighted by atomic mass is 10.0.